The summed E-state index contributed by atoms with van der Waals surface area (Å²) in [6.07, 6.45) is 1.56. The minimum Gasteiger partial charge on any atom is -0.461 e. The second-order valence-corrected chi connectivity index (χ2v) is 6.00. The Bertz CT molecular complexity index is 740. The van der Waals surface area contributed by atoms with Crippen molar-refractivity contribution in [2.45, 2.75) is 13.0 Å². The van der Waals surface area contributed by atoms with Crippen LogP contribution in [0, 0.1) is 0 Å². The second-order valence-electron chi connectivity index (χ2n) is 5.15. The number of carbonyl (C=O) groups is 2. The number of likely N-dealkylation sites (tertiary alicyclic amines) is 1. The van der Waals surface area contributed by atoms with Gasteiger partial charge in [0.1, 0.15) is 0 Å². The molecule has 1 aromatic heterocycles. The molecule has 23 heavy (non-hydrogen) atoms. The Morgan fingerprint density at radius 2 is 2.09 bits per heavy atom. The quantitative estimate of drug-likeness (QED) is 0.759. The zero-order valence-corrected chi connectivity index (χ0v) is 14.1. The number of halogens is 1. The number of nitrogens with zero attached hydrogens (tertiary/aromatic N) is 4. The Labute approximate surface area is 141 Å². The van der Waals surface area contributed by atoms with E-state index in [0.29, 0.717) is 25.3 Å². The molecule has 0 spiro atoms. The summed E-state index contributed by atoms with van der Waals surface area (Å²) in [5.74, 6) is -0.515. The Balaban J connectivity index is 1.62. The van der Waals surface area contributed by atoms with Crippen LogP contribution in [0.4, 0.5) is 0 Å². The summed E-state index contributed by atoms with van der Waals surface area (Å²) in [4.78, 5) is 25.7. The van der Waals surface area contributed by atoms with E-state index in [0.717, 1.165) is 4.47 Å². The smallest absolute Gasteiger partial charge is 0.360 e. The van der Waals surface area contributed by atoms with Gasteiger partial charge in [0, 0.05) is 17.6 Å². The van der Waals surface area contributed by atoms with E-state index >= 15 is 0 Å². The summed E-state index contributed by atoms with van der Waals surface area (Å²) in [6.45, 7) is 3.10. The lowest BCUT2D eigenvalue weighted by Gasteiger charge is -2.39. The molecule has 1 amide bonds. The number of aromatic nitrogens is 3. The van der Waals surface area contributed by atoms with E-state index in [2.05, 4.69) is 26.2 Å². The molecule has 3 rings (SSSR count). The molecular formula is C15H15BrN4O3. The number of hydrogen-bond acceptors (Lipinski definition) is 5. The van der Waals surface area contributed by atoms with Gasteiger partial charge in [-0.25, -0.2) is 9.48 Å². The van der Waals surface area contributed by atoms with E-state index in [1.54, 1.807) is 28.8 Å². The molecule has 8 heteroatoms. The highest BCUT2D eigenvalue weighted by molar-refractivity contribution is 9.10. The number of hydrogen-bond donors (Lipinski definition) is 0. The van der Waals surface area contributed by atoms with Gasteiger partial charge in [0.25, 0.3) is 5.91 Å². The van der Waals surface area contributed by atoms with Crippen molar-refractivity contribution in [2.24, 2.45) is 0 Å². The summed E-state index contributed by atoms with van der Waals surface area (Å²) >= 11 is 3.39. The molecule has 7 nitrogen and oxygen atoms in total. The van der Waals surface area contributed by atoms with E-state index in [9.17, 15) is 9.59 Å². The molecule has 2 aromatic rings. The fourth-order valence-corrected chi connectivity index (χ4v) is 2.80. The lowest BCUT2D eigenvalue weighted by molar-refractivity contribution is 0.0491. The van der Waals surface area contributed by atoms with Crippen molar-refractivity contribution in [3.8, 4) is 0 Å². The molecule has 1 saturated heterocycles. The van der Waals surface area contributed by atoms with Crippen LogP contribution in [-0.2, 0) is 4.74 Å². The molecule has 0 bridgehead atoms. The third-order valence-corrected chi connectivity index (χ3v) is 4.31. The van der Waals surface area contributed by atoms with Crippen LogP contribution in [0.25, 0.3) is 0 Å². The lowest BCUT2D eigenvalue weighted by atomic mass is 10.1. The maximum atomic E-state index is 12.4. The molecule has 0 atom stereocenters. The van der Waals surface area contributed by atoms with Crippen molar-refractivity contribution in [3.63, 3.8) is 0 Å². The van der Waals surface area contributed by atoms with Gasteiger partial charge in [-0.15, -0.1) is 5.10 Å². The molecule has 1 aromatic carbocycles. The predicted octanol–water partition coefficient (Wildman–Crippen LogP) is 1.91. The van der Waals surface area contributed by atoms with Gasteiger partial charge >= 0.3 is 5.97 Å². The van der Waals surface area contributed by atoms with Crippen LogP contribution in [0.2, 0.25) is 0 Å². The zero-order chi connectivity index (χ0) is 16.4. The molecule has 0 radical (unpaired) electrons. The van der Waals surface area contributed by atoms with Crippen LogP contribution >= 0.6 is 15.9 Å². The Kier molecular flexibility index (Phi) is 4.42. The molecule has 0 N–H and O–H groups in total. The average molecular weight is 379 g/mol. The van der Waals surface area contributed by atoms with Gasteiger partial charge in [-0.05, 0) is 35.0 Å². The zero-order valence-electron chi connectivity index (χ0n) is 12.5. The van der Waals surface area contributed by atoms with Crippen molar-refractivity contribution < 1.29 is 14.3 Å². The fourth-order valence-electron chi connectivity index (χ4n) is 2.35. The minimum atomic E-state index is -0.487. The van der Waals surface area contributed by atoms with E-state index in [1.807, 2.05) is 18.2 Å². The van der Waals surface area contributed by atoms with Gasteiger partial charge in [-0.3, -0.25) is 4.79 Å². The molecule has 2 heterocycles. The van der Waals surface area contributed by atoms with Crippen molar-refractivity contribution in [2.75, 3.05) is 19.7 Å². The third kappa shape index (κ3) is 3.12. The van der Waals surface area contributed by atoms with E-state index < -0.39 is 5.97 Å². The topological polar surface area (TPSA) is 77.3 Å². The van der Waals surface area contributed by atoms with Crippen LogP contribution in [0.5, 0.6) is 0 Å². The highest BCUT2D eigenvalue weighted by atomic mass is 79.9. The second kappa shape index (κ2) is 6.49. The van der Waals surface area contributed by atoms with Gasteiger partial charge in [-0.2, -0.15) is 0 Å². The maximum absolute atomic E-state index is 12.4. The van der Waals surface area contributed by atoms with Crippen molar-refractivity contribution >= 4 is 27.8 Å². The number of ether oxygens (including phenoxy) is 1. The summed E-state index contributed by atoms with van der Waals surface area (Å²) in [6, 6.07) is 7.35. The first-order valence-electron chi connectivity index (χ1n) is 7.23. The highest BCUT2D eigenvalue weighted by Crippen LogP contribution is 2.25. The Morgan fingerprint density at radius 1 is 1.35 bits per heavy atom. The number of esters is 1. The number of amides is 1. The van der Waals surface area contributed by atoms with Crippen LogP contribution in [0.1, 0.15) is 33.8 Å². The summed E-state index contributed by atoms with van der Waals surface area (Å²) < 4.78 is 7.26. The molecule has 0 unspecified atom stereocenters. The van der Waals surface area contributed by atoms with Crippen LogP contribution in [0.3, 0.4) is 0 Å². The molecule has 1 fully saturated rings. The number of rotatable bonds is 4. The maximum Gasteiger partial charge on any atom is 0.360 e. The normalized spacial score (nSPS) is 14.4. The van der Waals surface area contributed by atoms with Gasteiger partial charge in [0.15, 0.2) is 5.69 Å². The molecule has 0 saturated carbocycles. The fraction of sp³-hybridized carbons (Fsp3) is 0.333. The highest BCUT2D eigenvalue weighted by Gasteiger charge is 2.34. The molecule has 120 valence electrons. The molecule has 0 aliphatic carbocycles. The molecular weight excluding hydrogens is 364 g/mol. The van der Waals surface area contributed by atoms with E-state index in [4.69, 9.17) is 4.74 Å². The largest absolute Gasteiger partial charge is 0.461 e. The Hall–Kier alpha value is -2.22. The monoisotopic (exact) mass is 378 g/mol. The standard InChI is InChI=1S/C15H15BrN4O3/c1-2-23-15(22)13-9-20(18-17-13)10-7-19(8-10)14(21)11-5-3-4-6-12(11)16/h3-6,9-10H,2,7-8H2,1H3. The minimum absolute atomic E-state index is 0.0251. The van der Waals surface area contributed by atoms with Gasteiger partial charge in [-0.1, -0.05) is 17.3 Å². The van der Waals surface area contributed by atoms with Gasteiger partial charge in [0.05, 0.1) is 24.4 Å². The number of benzene rings is 1. The van der Waals surface area contributed by atoms with Crippen molar-refractivity contribution in [3.05, 3.63) is 46.2 Å². The van der Waals surface area contributed by atoms with Crippen LogP contribution in [-0.4, -0.2) is 51.5 Å². The molecule has 1 aliphatic rings. The molecule has 1 aliphatic heterocycles. The van der Waals surface area contributed by atoms with Crippen molar-refractivity contribution in [1.29, 1.82) is 0 Å². The number of carbonyl (C=O) groups excluding carboxylic acids is 2. The SMILES string of the molecule is CCOC(=O)c1cn(C2CN(C(=O)c3ccccc3Br)C2)nn1. The Morgan fingerprint density at radius 3 is 2.78 bits per heavy atom. The first-order valence-corrected chi connectivity index (χ1v) is 8.02. The summed E-state index contributed by atoms with van der Waals surface area (Å²) in [5, 5.41) is 7.75. The van der Waals surface area contributed by atoms with E-state index in [1.165, 1.54) is 0 Å². The predicted molar refractivity (Wildman–Crippen MR) is 85.1 cm³/mol. The average Bonchev–Trinajstić information content (AvgIpc) is 2.96. The first kappa shape index (κ1) is 15.7. The van der Waals surface area contributed by atoms with Crippen LogP contribution < -0.4 is 0 Å². The van der Waals surface area contributed by atoms with Crippen molar-refractivity contribution in [1.82, 2.24) is 19.9 Å². The third-order valence-electron chi connectivity index (χ3n) is 3.62. The van der Waals surface area contributed by atoms with Crippen LogP contribution in [0.15, 0.2) is 34.9 Å². The van der Waals surface area contributed by atoms with Gasteiger partial charge < -0.3 is 9.64 Å². The first-order chi connectivity index (χ1) is 11.1. The van der Waals surface area contributed by atoms with Gasteiger partial charge in [0.2, 0.25) is 0 Å². The summed E-state index contributed by atoms with van der Waals surface area (Å²) in [7, 11) is 0. The lowest BCUT2D eigenvalue weighted by Crippen LogP contribution is -2.51. The summed E-state index contributed by atoms with van der Waals surface area (Å²) in [5.41, 5.74) is 0.819. The van der Waals surface area contributed by atoms with E-state index in [-0.39, 0.29) is 17.6 Å².